The highest BCUT2D eigenvalue weighted by molar-refractivity contribution is 5.80. The van der Waals surface area contributed by atoms with Crippen molar-refractivity contribution in [3.05, 3.63) is 90.1 Å². The molecule has 4 heteroatoms. The fourth-order valence-corrected chi connectivity index (χ4v) is 5.21. The minimum absolute atomic E-state index is 0.117. The number of hydrogen-bond acceptors (Lipinski definition) is 3. The van der Waals surface area contributed by atoms with Crippen LogP contribution in [0.2, 0.25) is 0 Å². The average molecular weight is 426 g/mol. The number of aromatic nitrogens is 1. The van der Waals surface area contributed by atoms with Gasteiger partial charge in [-0.1, -0.05) is 54.6 Å². The Bertz CT molecular complexity index is 1090. The normalized spacial score (nSPS) is 20.6. The van der Waals surface area contributed by atoms with Crippen molar-refractivity contribution >= 4 is 16.8 Å². The van der Waals surface area contributed by atoms with Gasteiger partial charge in [0, 0.05) is 37.1 Å². The Morgan fingerprint density at radius 1 is 0.875 bits per heavy atom. The maximum atomic E-state index is 13.4. The molecule has 4 nitrogen and oxygen atoms in total. The van der Waals surface area contributed by atoms with Crippen LogP contribution in [0.5, 0.6) is 0 Å². The van der Waals surface area contributed by atoms with Gasteiger partial charge in [-0.25, -0.2) is 0 Å². The van der Waals surface area contributed by atoms with Crippen molar-refractivity contribution in [3.8, 4) is 0 Å². The number of hydrogen-bond donors (Lipinski definition) is 0. The molecule has 0 saturated carbocycles. The molecule has 5 rings (SSSR count). The SMILES string of the molecule is O=C1[C@@H](C2CCN(Cc3ccc4ncccc4c3)CC2)CC=CCN1Cc1ccccc1. The molecule has 3 aromatic rings. The van der Waals surface area contributed by atoms with Crippen LogP contribution in [0.1, 0.15) is 30.4 Å². The predicted octanol–water partition coefficient (Wildman–Crippen LogP) is 5.05. The number of carbonyl (C=O) groups is 1. The zero-order chi connectivity index (χ0) is 21.8. The Balaban J connectivity index is 1.20. The van der Waals surface area contributed by atoms with E-state index in [0.29, 0.717) is 18.4 Å². The molecule has 2 aliphatic heterocycles. The van der Waals surface area contributed by atoms with Crippen LogP contribution in [0.15, 0.2) is 79.0 Å². The van der Waals surface area contributed by atoms with Gasteiger partial charge < -0.3 is 4.90 Å². The summed E-state index contributed by atoms with van der Waals surface area (Å²) in [6, 6.07) is 21.0. The summed E-state index contributed by atoms with van der Waals surface area (Å²) in [4.78, 5) is 22.4. The first-order chi connectivity index (χ1) is 15.8. The minimum atomic E-state index is 0.117. The monoisotopic (exact) mass is 425 g/mol. The molecule has 3 heterocycles. The molecule has 0 bridgehead atoms. The first kappa shape index (κ1) is 20.9. The summed E-state index contributed by atoms with van der Waals surface area (Å²) in [6.07, 6.45) is 9.31. The van der Waals surface area contributed by atoms with E-state index in [-0.39, 0.29) is 5.92 Å². The van der Waals surface area contributed by atoms with Gasteiger partial charge in [0.25, 0.3) is 0 Å². The number of carbonyl (C=O) groups excluding carboxylic acids is 1. The van der Waals surface area contributed by atoms with Gasteiger partial charge in [-0.05, 0) is 67.6 Å². The molecule has 2 aliphatic rings. The second kappa shape index (κ2) is 9.66. The highest BCUT2D eigenvalue weighted by Gasteiger charge is 2.34. The van der Waals surface area contributed by atoms with Crippen LogP contribution in [0.3, 0.4) is 0 Å². The smallest absolute Gasteiger partial charge is 0.226 e. The molecule has 2 aromatic carbocycles. The van der Waals surface area contributed by atoms with Gasteiger partial charge in [-0.3, -0.25) is 14.7 Å². The quantitative estimate of drug-likeness (QED) is 0.537. The molecular weight excluding hydrogens is 394 g/mol. The lowest BCUT2D eigenvalue weighted by molar-refractivity contribution is -0.137. The molecule has 0 aliphatic carbocycles. The second-order valence-corrected chi connectivity index (χ2v) is 9.16. The highest BCUT2D eigenvalue weighted by atomic mass is 16.2. The van der Waals surface area contributed by atoms with Crippen molar-refractivity contribution in [2.24, 2.45) is 11.8 Å². The van der Waals surface area contributed by atoms with Crippen molar-refractivity contribution in [2.45, 2.75) is 32.4 Å². The number of allylic oxidation sites excluding steroid dienone is 1. The molecule has 0 radical (unpaired) electrons. The molecule has 0 spiro atoms. The lowest BCUT2D eigenvalue weighted by atomic mass is 9.81. The largest absolute Gasteiger partial charge is 0.334 e. The van der Waals surface area contributed by atoms with Gasteiger partial charge in [0.15, 0.2) is 0 Å². The number of benzene rings is 2. The maximum Gasteiger partial charge on any atom is 0.226 e. The van der Waals surface area contributed by atoms with Gasteiger partial charge >= 0.3 is 0 Å². The van der Waals surface area contributed by atoms with Crippen LogP contribution in [0, 0.1) is 11.8 Å². The fourth-order valence-electron chi connectivity index (χ4n) is 5.21. The van der Waals surface area contributed by atoms with E-state index in [0.717, 1.165) is 51.0 Å². The molecule has 0 N–H and O–H groups in total. The summed E-state index contributed by atoms with van der Waals surface area (Å²) >= 11 is 0. The second-order valence-electron chi connectivity index (χ2n) is 9.16. The van der Waals surface area contributed by atoms with E-state index in [1.165, 1.54) is 16.5 Å². The van der Waals surface area contributed by atoms with E-state index < -0.39 is 0 Å². The average Bonchev–Trinajstić information content (AvgIpc) is 3.02. The number of fused-ring (bicyclic) bond motifs is 1. The number of piperidine rings is 1. The summed E-state index contributed by atoms with van der Waals surface area (Å²) in [5.41, 5.74) is 3.59. The van der Waals surface area contributed by atoms with Crippen molar-refractivity contribution in [1.29, 1.82) is 0 Å². The first-order valence-corrected chi connectivity index (χ1v) is 11.8. The van der Waals surface area contributed by atoms with Crippen LogP contribution < -0.4 is 0 Å². The van der Waals surface area contributed by atoms with Crippen LogP contribution >= 0.6 is 0 Å². The third kappa shape index (κ3) is 4.76. The van der Waals surface area contributed by atoms with Crippen molar-refractivity contribution < 1.29 is 4.79 Å². The Labute approximate surface area is 190 Å². The third-order valence-corrected chi connectivity index (χ3v) is 7.00. The molecule has 32 heavy (non-hydrogen) atoms. The number of rotatable bonds is 5. The van der Waals surface area contributed by atoms with Crippen molar-refractivity contribution in [1.82, 2.24) is 14.8 Å². The van der Waals surface area contributed by atoms with E-state index in [1.54, 1.807) is 0 Å². The van der Waals surface area contributed by atoms with Crippen LogP contribution in [0.25, 0.3) is 10.9 Å². The lowest BCUT2D eigenvalue weighted by Gasteiger charge is -2.36. The zero-order valence-electron chi connectivity index (χ0n) is 18.6. The van der Waals surface area contributed by atoms with Crippen LogP contribution in [0.4, 0.5) is 0 Å². The fraction of sp³-hybridized carbons (Fsp3) is 0.357. The zero-order valence-corrected chi connectivity index (χ0v) is 18.6. The van der Waals surface area contributed by atoms with Gasteiger partial charge in [0.1, 0.15) is 0 Å². The first-order valence-electron chi connectivity index (χ1n) is 11.8. The summed E-state index contributed by atoms with van der Waals surface area (Å²) in [6.45, 7) is 4.51. The van der Waals surface area contributed by atoms with Gasteiger partial charge in [-0.2, -0.15) is 0 Å². The molecular formula is C28H31N3O. The molecule has 164 valence electrons. The molecule has 1 atom stereocenters. The van der Waals surface area contributed by atoms with Gasteiger partial charge in [0.2, 0.25) is 5.91 Å². The van der Waals surface area contributed by atoms with E-state index in [4.69, 9.17) is 0 Å². The lowest BCUT2D eigenvalue weighted by Crippen LogP contribution is -2.42. The van der Waals surface area contributed by atoms with Crippen LogP contribution in [-0.4, -0.2) is 40.3 Å². The summed E-state index contributed by atoms with van der Waals surface area (Å²) in [7, 11) is 0. The Kier molecular flexibility index (Phi) is 6.31. The number of likely N-dealkylation sites (tertiary alicyclic amines) is 1. The molecule has 1 saturated heterocycles. The Morgan fingerprint density at radius 3 is 2.56 bits per heavy atom. The van der Waals surface area contributed by atoms with Crippen molar-refractivity contribution in [2.75, 3.05) is 19.6 Å². The van der Waals surface area contributed by atoms with Crippen LogP contribution in [-0.2, 0) is 17.9 Å². The standard InChI is InChI=1S/C28H31N3O/c32-28-26(10-4-5-16-31(28)21-22-7-2-1-3-8-22)24-13-17-30(18-14-24)20-23-11-12-27-25(19-23)9-6-15-29-27/h1-9,11-12,15,19,24,26H,10,13-14,16-18,20-21H2/t26-/m1/s1. The third-order valence-electron chi connectivity index (χ3n) is 7.00. The van der Waals surface area contributed by atoms with E-state index in [9.17, 15) is 4.79 Å². The van der Waals surface area contributed by atoms with E-state index >= 15 is 0 Å². The maximum absolute atomic E-state index is 13.4. The topological polar surface area (TPSA) is 36.4 Å². The Morgan fingerprint density at radius 2 is 1.72 bits per heavy atom. The molecule has 1 amide bonds. The van der Waals surface area contributed by atoms with Gasteiger partial charge in [-0.15, -0.1) is 0 Å². The minimum Gasteiger partial charge on any atom is -0.334 e. The van der Waals surface area contributed by atoms with E-state index in [2.05, 4.69) is 58.4 Å². The summed E-state index contributed by atoms with van der Waals surface area (Å²) < 4.78 is 0. The molecule has 1 aromatic heterocycles. The number of amides is 1. The summed E-state index contributed by atoms with van der Waals surface area (Å²) in [5.74, 6) is 0.922. The number of nitrogens with zero attached hydrogens (tertiary/aromatic N) is 3. The molecule has 1 fully saturated rings. The highest BCUT2D eigenvalue weighted by Crippen LogP contribution is 2.31. The predicted molar refractivity (Wildman–Crippen MR) is 129 cm³/mol. The number of pyridine rings is 1. The van der Waals surface area contributed by atoms with Gasteiger partial charge in [0.05, 0.1) is 5.52 Å². The Hall–Kier alpha value is -2.98. The summed E-state index contributed by atoms with van der Waals surface area (Å²) in [5, 5.41) is 1.20. The molecule has 0 unspecified atom stereocenters. The van der Waals surface area contributed by atoms with E-state index in [1.807, 2.05) is 35.4 Å². The van der Waals surface area contributed by atoms with Crippen molar-refractivity contribution in [3.63, 3.8) is 0 Å².